The van der Waals surface area contributed by atoms with Crippen molar-refractivity contribution in [3.8, 4) is 0 Å². The SMILES string of the molecule is CC/C=C\C/C=C\C/C=C\C/C=C\C/C=C\CCCCCCCCCCCC(=O)OCC(COC(=O)CCCCCCC/C=C\C/C=C\CCCC)OC(=O)CCCCCCCCC/C=C\CCCCCCCCC. The lowest BCUT2D eigenvalue weighted by atomic mass is 10.1. The van der Waals surface area contributed by atoms with Gasteiger partial charge in [-0.3, -0.25) is 14.4 Å². The van der Waals surface area contributed by atoms with E-state index in [1.807, 2.05) is 0 Å². The van der Waals surface area contributed by atoms with Crippen molar-refractivity contribution in [1.82, 2.24) is 0 Å². The van der Waals surface area contributed by atoms with Gasteiger partial charge in [0.15, 0.2) is 6.10 Å². The van der Waals surface area contributed by atoms with Gasteiger partial charge in [-0.2, -0.15) is 0 Å². The Morgan fingerprint density at radius 1 is 0.280 bits per heavy atom. The smallest absolute Gasteiger partial charge is 0.306 e. The summed E-state index contributed by atoms with van der Waals surface area (Å²) >= 11 is 0. The predicted molar refractivity (Wildman–Crippen MR) is 325 cm³/mol. The summed E-state index contributed by atoms with van der Waals surface area (Å²) in [7, 11) is 0. The Hall–Kier alpha value is -3.67. The van der Waals surface area contributed by atoms with Crippen molar-refractivity contribution in [2.75, 3.05) is 13.2 Å². The van der Waals surface area contributed by atoms with Crippen LogP contribution in [-0.4, -0.2) is 37.2 Å². The zero-order valence-electron chi connectivity index (χ0n) is 49.3. The summed E-state index contributed by atoms with van der Waals surface area (Å²) in [5.41, 5.74) is 0. The maximum atomic E-state index is 12.9. The summed E-state index contributed by atoms with van der Waals surface area (Å²) in [5, 5.41) is 0. The summed E-state index contributed by atoms with van der Waals surface area (Å²) in [6.45, 7) is 6.49. The van der Waals surface area contributed by atoms with Crippen LogP contribution in [0.4, 0.5) is 0 Å². The Labute approximate surface area is 464 Å². The molecular weight excluding hydrogens is 925 g/mol. The number of carbonyl (C=O) groups excluding carboxylic acids is 3. The van der Waals surface area contributed by atoms with Crippen LogP contribution in [0, 0.1) is 0 Å². The fourth-order valence-electron chi connectivity index (χ4n) is 8.78. The highest BCUT2D eigenvalue weighted by Gasteiger charge is 2.19. The van der Waals surface area contributed by atoms with Crippen LogP contribution >= 0.6 is 0 Å². The predicted octanol–water partition coefficient (Wildman–Crippen LogP) is 21.7. The number of ether oxygens (including phenoxy) is 3. The van der Waals surface area contributed by atoms with Crippen LogP contribution < -0.4 is 0 Å². The Bertz CT molecular complexity index is 1480. The Balaban J connectivity index is 4.36. The quantitative estimate of drug-likeness (QED) is 0.0261. The van der Waals surface area contributed by atoms with E-state index in [4.69, 9.17) is 14.2 Å². The average Bonchev–Trinajstić information content (AvgIpc) is 3.41. The van der Waals surface area contributed by atoms with Crippen molar-refractivity contribution < 1.29 is 28.6 Å². The second kappa shape index (κ2) is 62.9. The first-order valence-electron chi connectivity index (χ1n) is 31.7. The minimum Gasteiger partial charge on any atom is -0.462 e. The number of carbonyl (C=O) groups is 3. The molecule has 0 aromatic carbocycles. The van der Waals surface area contributed by atoms with Gasteiger partial charge in [0.2, 0.25) is 0 Å². The van der Waals surface area contributed by atoms with Crippen LogP contribution in [0.3, 0.4) is 0 Å². The largest absolute Gasteiger partial charge is 0.462 e. The second-order valence-electron chi connectivity index (χ2n) is 20.9. The molecule has 0 aliphatic rings. The molecule has 75 heavy (non-hydrogen) atoms. The van der Waals surface area contributed by atoms with Crippen LogP contribution in [0.5, 0.6) is 0 Å². The second-order valence-corrected chi connectivity index (χ2v) is 20.9. The molecule has 0 heterocycles. The Morgan fingerprint density at radius 2 is 0.533 bits per heavy atom. The molecule has 6 heteroatoms. The summed E-state index contributed by atoms with van der Waals surface area (Å²) in [5.74, 6) is -0.902. The van der Waals surface area contributed by atoms with Crippen LogP contribution in [0.1, 0.15) is 303 Å². The van der Waals surface area contributed by atoms with Crippen LogP contribution in [0.25, 0.3) is 0 Å². The average molecular weight is 1040 g/mol. The molecule has 1 unspecified atom stereocenters. The van der Waals surface area contributed by atoms with Gasteiger partial charge in [0.1, 0.15) is 13.2 Å². The molecule has 0 N–H and O–H groups in total. The standard InChI is InChI=1S/C69H118O6/c1-4-7-10-13-16-19-22-25-28-30-32-33-34-35-36-37-38-40-41-44-47-50-53-56-59-62-68(71)74-65-66(64-73-67(70)61-58-55-52-49-46-43-27-24-21-18-15-12-9-6-3)75-69(72)63-60-57-54-51-48-45-42-39-31-29-26-23-20-17-14-11-8-5-2/h7,10,15-16,18-19,24-25,27-29,31-33,35-36,66H,4-6,8-9,11-14,17,20-23,26,30,34,37-65H2,1-3H3/b10-7-,18-15-,19-16-,27-24-,28-25-,31-29-,33-32-,36-35-. The highest BCUT2D eigenvalue weighted by molar-refractivity contribution is 5.71. The van der Waals surface area contributed by atoms with Gasteiger partial charge in [-0.25, -0.2) is 0 Å². The van der Waals surface area contributed by atoms with Gasteiger partial charge in [-0.1, -0.05) is 266 Å². The lowest BCUT2D eigenvalue weighted by Crippen LogP contribution is -2.30. The van der Waals surface area contributed by atoms with E-state index in [9.17, 15) is 14.4 Å². The Morgan fingerprint density at radius 3 is 0.867 bits per heavy atom. The molecule has 1 atom stereocenters. The molecule has 430 valence electrons. The summed E-state index contributed by atoms with van der Waals surface area (Å²) < 4.78 is 16.9. The number of allylic oxidation sites excluding steroid dienone is 16. The lowest BCUT2D eigenvalue weighted by molar-refractivity contribution is -0.167. The third kappa shape index (κ3) is 61.1. The molecule has 0 bridgehead atoms. The van der Waals surface area contributed by atoms with Crippen molar-refractivity contribution in [1.29, 1.82) is 0 Å². The van der Waals surface area contributed by atoms with Crippen LogP contribution in [-0.2, 0) is 28.6 Å². The molecule has 0 aliphatic heterocycles. The summed E-state index contributed by atoms with van der Waals surface area (Å²) in [4.78, 5) is 38.3. The molecule has 0 rings (SSSR count). The van der Waals surface area contributed by atoms with E-state index in [0.29, 0.717) is 19.3 Å². The van der Waals surface area contributed by atoms with Gasteiger partial charge in [0.05, 0.1) is 0 Å². The fraction of sp³-hybridized carbons (Fsp3) is 0.725. The molecule has 0 radical (unpaired) electrons. The molecule has 0 aliphatic carbocycles. The van der Waals surface area contributed by atoms with Crippen LogP contribution in [0.15, 0.2) is 97.2 Å². The van der Waals surface area contributed by atoms with E-state index in [1.54, 1.807) is 0 Å². The van der Waals surface area contributed by atoms with E-state index in [0.717, 1.165) is 122 Å². The Kier molecular flexibility index (Phi) is 59.8. The monoisotopic (exact) mass is 1040 g/mol. The molecule has 0 saturated heterocycles. The number of esters is 3. The van der Waals surface area contributed by atoms with E-state index < -0.39 is 6.10 Å². The molecule has 0 aromatic heterocycles. The molecule has 0 amide bonds. The van der Waals surface area contributed by atoms with Gasteiger partial charge < -0.3 is 14.2 Å². The van der Waals surface area contributed by atoms with Crippen molar-refractivity contribution in [2.45, 2.75) is 309 Å². The summed E-state index contributed by atoms with van der Waals surface area (Å²) in [6, 6.07) is 0. The van der Waals surface area contributed by atoms with Gasteiger partial charge in [0.25, 0.3) is 0 Å². The van der Waals surface area contributed by atoms with E-state index in [2.05, 4.69) is 118 Å². The first kappa shape index (κ1) is 71.3. The van der Waals surface area contributed by atoms with Gasteiger partial charge in [-0.15, -0.1) is 0 Å². The normalized spacial score (nSPS) is 12.7. The number of unbranched alkanes of at least 4 members (excludes halogenated alkanes) is 30. The molecular formula is C69H118O6. The third-order valence-electron chi connectivity index (χ3n) is 13.5. The topological polar surface area (TPSA) is 78.9 Å². The van der Waals surface area contributed by atoms with Crippen molar-refractivity contribution in [3.05, 3.63) is 97.2 Å². The first-order chi connectivity index (χ1) is 37.0. The van der Waals surface area contributed by atoms with Gasteiger partial charge in [0, 0.05) is 19.3 Å². The number of hydrogen-bond acceptors (Lipinski definition) is 6. The third-order valence-corrected chi connectivity index (χ3v) is 13.5. The fourth-order valence-corrected chi connectivity index (χ4v) is 8.78. The minimum absolute atomic E-state index is 0.0865. The maximum absolute atomic E-state index is 12.9. The zero-order valence-corrected chi connectivity index (χ0v) is 49.3. The number of hydrogen-bond donors (Lipinski definition) is 0. The number of rotatable bonds is 57. The van der Waals surface area contributed by atoms with Gasteiger partial charge in [-0.05, 0) is 116 Å². The molecule has 0 fully saturated rings. The van der Waals surface area contributed by atoms with Crippen molar-refractivity contribution in [3.63, 3.8) is 0 Å². The van der Waals surface area contributed by atoms with Crippen molar-refractivity contribution in [2.24, 2.45) is 0 Å². The highest BCUT2D eigenvalue weighted by atomic mass is 16.6. The zero-order chi connectivity index (χ0) is 54.3. The maximum Gasteiger partial charge on any atom is 0.306 e. The van der Waals surface area contributed by atoms with E-state index in [-0.39, 0.29) is 31.1 Å². The van der Waals surface area contributed by atoms with Gasteiger partial charge >= 0.3 is 17.9 Å². The molecule has 0 spiro atoms. The van der Waals surface area contributed by atoms with Crippen LogP contribution in [0.2, 0.25) is 0 Å². The van der Waals surface area contributed by atoms with E-state index >= 15 is 0 Å². The highest BCUT2D eigenvalue weighted by Crippen LogP contribution is 2.16. The molecule has 0 saturated carbocycles. The molecule has 6 nitrogen and oxygen atoms in total. The van der Waals surface area contributed by atoms with Crippen molar-refractivity contribution >= 4 is 17.9 Å². The molecule has 0 aromatic rings. The first-order valence-corrected chi connectivity index (χ1v) is 31.7. The lowest BCUT2D eigenvalue weighted by Gasteiger charge is -2.18. The minimum atomic E-state index is -0.790. The van der Waals surface area contributed by atoms with E-state index in [1.165, 1.54) is 141 Å². The summed E-state index contributed by atoms with van der Waals surface area (Å²) in [6.07, 6.45) is 84.0.